The molecule has 2 rings (SSSR count). The van der Waals surface area contributed by atoms with Crippen LogP contribution in [-0.2, 0) is 0 Å². The van der Waals surface area contributed by atoms with Gasteiger partial charge in [-0.2, -0.15) is 0 Å². The Hall–Kier alpha value is -1.09. The molecule has 1 aliphatic rings. The van der Waals surface area contributed by atoms with Crippen molar-refractivity contribution in [2.24, 2.45) is 5.92 Å². The Bertz CT molecular complexity index is 379. The van der Waals surface area contributed by atoms with Crippen LogP contribution in [0.4, 0.5) is 5.82 Å². The Morgan fingerprint density at radius 1 is 1.44 bits per heavy atom. The van der Waals surface area contributed by atoms with Gasteiger partial charge in [0, 0.05) is 24.8 Å². The summed E-state index contributed by atoms with van der Waals surface area (Å²) in [6.07, 6.45) is 6.45. The molecule has 1 unspecified atom stereocenters. The summed E-state index contributed by atoms with van der Waals surface area (Å²) < 4.78 is 0. The van der Waals surface area contributed by atoms with Crippen LogP contribution in [0.5, 0.6) is 0 Å². The van der Waals surface area contributed by atoms with Crippen LogP contribution in [0, 0.1) is 5.92 Å². The number of nitrogens with zero attached hydrogens (tertiary/aromatic N) is 2. The van der Waals surface area contributed by atoms with E-state index in [-0.39, 0.29) is 0 Å². The molecule has 1 aromatic rings. The highest BCUT2D eigenvalue weighted by molar-refractivity contribution is 5.47. The third-order valence-electron chi connectivity index (χ3n) is 3.99. The molecule has 3 nitrogen and oxygen atoms in total. The van der Waals surface area contributed by atoms with E-state index in [0.717, 1.165) is 30.4 Å². The first-order valence-electron chi connectivity index (χ1n) is 7.10. The average molecular weight is 248 g/mol. The Balaban J connectivity index is 2.16. The van der Waals surface area contributed by atoms with Crippen molar-refractivity contribution in [3.05, 3.63) is 23.9 Å². The molecule has 1 saturated heterocycles. The summed E-state index contributed by atoms with van der Waals surface area (Å²) in [7, 11) is 0. The molecule has 1 fully saturated rings. The summed E-state index contributed by atoms with van der Waals surface area (Å²) in [6, 6.07) is 3.88. The number of rotatable bonds is 3. The minimum Gasteiger partial charge on any atom is -0.389 e. The molecule has 2 atom stereocenters. The van der Waals surface area contributed by atoms with Gasteiger partial charge in [-0.3, -0.25) is 0 Å². The highest BCUT2D eigenvalue weighted by atomic mass is 16.3. The number of anilines is 1. The maximum absolute atomic E-state index is 9.84. The molecule has 100 valence electrons. The molecule has 0 bridgehead atoms. The van der Waals surface area contributed by atoms with E-state index in [2.05, 4.69) is 16.8 Å². The van der Waals surface area contributed by atoms with Gasteiger partial charge in [-0.15, -0.1) is 0 Å². The second-order valence-corrected chi connectivity index (χ2v) is 5.28. The molecule has 0 radical (unpaired) electrons. The second kappa shape index (κ2) is 6.19. The first-order valence-corrected chi connectivity index (χ1v) is 7.10. The van der Waals surface area contributed by atoms with Gasteiger partial charge >= 0.3 is 0 Å². The minimum atomic E-state index is -0.445. The van der Waals surface area contributed by atoms with Crippen molar-refractivity contribution < 1.29 is 5.11 Å². The number of aliphatic hydroxyl groups is 1. The van der Waals surface area contributed by atoms with E-state index >= 15 is 0 Å². The largest absolute Gasteiger partial charge is 0.389 e. The molecule has 0 aliphatic carbocycles. The van der Waals surface area contributed by atoms with E-state index in [1.54, 1.807) is 0 Å². The standard InChI is InChI=1S/C15H24N2O/c1-3-13-6-5-10-17(11-8-13)15-14(12(2)18)7-4-9-16-15/h4,7,9,12-13,18H,3,5-6,8,10-11H2,1-2H3/t12-,13?/m0/s1. The molecule has 0 aromatic carbocycles. The van der Waals surface area contributed by atoms with Gasteiger partial charge in [0.2, 0.25) is 0 Å². The monoisotopic (exact) mass is 248 g/mol. The van der Waals surface area contributed by atoms with Gasteiger partial charge in [0.05, 0.1) is 6.10 Å². The maximum Gasteiger partial charge on any atom is 0.134 e. The molecule has 0 spiro atoms. The number of aliphatic hydroxyl groups excluding tert-OH is 1. The van der Waals surface area contributed by atoms with E-state index in [1.165, 1.54) is 25.7 Å². The third kappa shape index (κ3) is 3.02. The zero-order valence-corrected chi connectivity index (χ0v) is 11.5. The van der Waals surface area contributed by atoms with Crippen molar-refractivity contribution in [1.82, 2.24) is 4.98 Å². The van der Waals surface area contributed by atoms with Crippen molar-refractivity contribution in [3.8, 4) is 0 Å². The minimum absolute atomic E-state index is 0.445. The summed E-state index contributed by atoms with van der Waals surface area (Å²) in [5.41, 5.74) is 0.951. The van der Waals surface area contributed by atoms with Crippen molar-refractivity contribution >= 4 is 5.82 Å². The van der Waals surface area contributed by atoms with Crippen molar-refractivity contribution in [2.45, 2.75) is 45.6 Å². The van der Waals surface area contributed by atoms with E-state index in [1.807, 2.05) is 25.3 Å². The molecule has 2 heterocycles. The first kappa shape index (κ1) is 13.3. The van der Waals surface area contributed by atoms with Crippen LogP contribution >= 0.6 is 0 Å². The Morgan fingerprint density at radius 3 is 3.00 bits per heavy atom. The molecule has 0 saturated carbocycles. The van der Waals surface area contributed by atoms with Gasteiger partial charge in [0.25, 0.3) is 0 Å². The quantitative estimate of drug-likeness (QED) is 0.892. The second-order valence-electron chi connectivity index (χ2n) is 5.28. The van der Waals surface area contributed by atoms with Crippen LogP contribution < -0.4 is 4.90 Å². The van der Waals surface area contributed by atoms with Crippen LogP contribution in [0.15, 0.2) is 18.3 Å². The maximum atomic E-state index is 9.84. The summed E-state index contributed by atoms with van der Waals surface area (Å²) in [5.74, 6) is 1.83. The van der Waals surface area contributed by atoms with Crippen LogP contribution in [0.25, 0.3) is 0 Å². The SMILES string of the molecule is CCC1CCCN(c2ncccc2[C@H](C)O)CC1. The number of pyridine rings is 1. The molecule has 1 aliphatic heterocycles. The number of aromatic nitrogens is 1. The predicted octanol–water partition coefficient (Wildman–Crippen LogP) is 3.15. The van der Waals surface area contributed by atoms with E-state index in [9.17, 15) is 5.11 Å². The highest BCUT2D eigenvalue weighted by Gasteiger charge is 2.19. The summed E-state index contributed by atoms with van der Waals surface area (Å²) in [5, 5.41) is 9.84. The zero-order valence-electron chi connectivity index (χ0n) is 11.5. The number of hydrogen-bond donors (Lipinski definition) is 1. The predicted molar refractivity (Wildman–Crippen MR) is 74.7 cm³/mol. The fourth-order valence-electron chi connectivity index (χ4n) is 2.79. The molecule has 1 aromatic heterocycles. The van der Waals surface area contributed by atoms with E-state index in [4.69, 9.17) is 0 Å². The van der Waals surface area contributed by atoms with Crippen molar-refractivity contribution in [2.75, 3.05) is 18.0 Å². The lowest BCUT2D eigenvalue weighted by Crippen LogP contribution is -2.26. The number of hydrogen-bond acceptors (Lipinski definition) is 3. The Labute approximate surface area is 110 Å². The first-order chi connectivity index (χ1) is 8.72. The smallest absolute Gasteiger partial charge is 0.134 e. The van der Waals surface area contributed by atoms with Crippen LogP contribution in [-0.4, -0.2) is 23.2 Å². The van der Waals surface area contributed by atoms with Gasteiger partial charge in [0.15, 0.2) is 0 Å². The van der Waals surface area contributed by atoms with E-state index < -0.39 is 6.10 Å². The lowest BCUT2D eigenvalue weighted by Gasteiger charge is -2.25. The third-order valence-corrected chi connectivity index (χ3v) is 3.99. The molecular formula is C15H24N2O. The van der Waals surface area contributed by atoms with E-state index in [0.29, 0.717) is 0 Å². The molecule has 18 heavy (non-hydrogen) atoms. The van der Waals surface area contributed by atoms with Gasteiger partial charge in [-0.1, -0.05) is 19.4 Å². The Kier molecular flexibility index (Phi) is 4.59. The molecule has 1 N–H and O–H groups in total. The molecule has 3 heteroatoms. The molecule has 0 amide bonds. The van der Waals surface area contributed by atoms with Crippen LogP contribution in [0.1, 0.15) is 51.2 Å². The summed E-state index contributed by atoms with van der Waals surface area (Å²) >= 11 is 0. The molecular weight excluding hydrogens is 224 g/mol. The van der Waals surface area contributed by atoms with Crippen LogP contribution in [0.2, 0.25) is 0 Å². The van der Waals surface area contributed by atoms with Gasteiger partial charge in [0.1, 0.15) is 5.82 Å². The van der Waals surface area contributed by atoms with Gasteiger partial charge < -0.3 is 10.0 Å². The lowest BCUT2D eigenvalue weighted by atomic mass is 9.98. The zero-order chi connectivity index (χ0) is 13.0. The fourth-order valence-corrected chi connectivity index (χ4v) is 2.79. The Morgan fingerprint density at radius 2 is 2.28 bits per heavy atom. The van der Waals surface area contributed by atoms with Crippen molar-refractivity contribution in [3.63, 3.8) is 0 Å². The topological polar surface area (TPSA) is 36.4 Å². The summed E-state index contributed by atoms with van der Waals surface area (Å²) in [4.78, 5) is 6.83. The fraction of sp³-hybridized carbons (Fsp3) is 0.667. The summed E-state index contributed by atoms with van der Waals surface area (Å²) in [6.45, 7) is 6.22. The van der Waals surface area contributed by atoms with Crippen molar-refractivity contribution in [1.29, 1.82) is 0 Å². The highest BCUT2D eigenvalue weighted by Crippen LogP contribution is 2.28. The lowest BCUT2D eigenvalue weighted by molar-refractivity contribution is 0.199. The average Bonchev–Trinajstić information content (AvgIpc) is 2.63. The van der Waals surface area contributed by atoms with Crippen LogP contribution in [0.3, 0.4) is 0 Å². The normalized spacial score (nSPS) is 22.6. The van der Waals surface area contributed by atoms with Gasteiger partial charge in [-0.25, -0.2) is 4.98 Å². The van der Waals surface area contributed by atoms with Gasteiger partial charge in [-0.05, 0) is 38.2 Å².